The Balaban J connectivity index is 2.22. The van der Waals surface area contributed by atoms with E-state index < -0.39 is 30.2 Å². The van der Waals surface area contributed by atoms with Gasteiger partial charge in [0.1, 0.15) is 6.04 Å². The highest BCUT2D eigenvalue weighted by molar-refractivity contribution is 6.02. The number of primary amides is 1. The number of carboxylic acid groups (broad SMARTS) is 1. The average molecular weight is 277 g/mol. The second-order valence-corrected chi connectivity index (χ2v) is 4.00. The monoisotopic (exact) mass is 277 g/mol. The molecule has 2 aromatic rings. The van der Waals surface area contributed by atoms with E-state index in [1.807, 2.05) is 0 Å². The van der Waals surface area contributed by atoms with Gasteiger partial charge in [0.15, 0.2) is 0 Å². The first kappa shape index (κ1) is 13.5. The van der Waals surface area contributed by atoms with Crippen molar-refractivity contribution in [3.05, 3.63) is 30.4 Å². The van der Waals surface area contributed by atoms with Crippen LogP contribution in [-0.2, 0) is 9.59 Å². The maximum atomic E-state index is 12.0. The third-order valence-corrected chi connectivity index (χ3v) is 2.58. The highest BCUT2D eigenvalue weighted by atomic mass is 16.4. The fourth-order valence-electron chi connectivity index (χ4n) is 1.65. The quantitative estimate of drug-likeness (QED) is 0.626. The summed E-state index contributed by atoms with van der Waals surface area (Å²) in [7, 11) is 0. The molecule has 20 heavy (non-hydrogen) atoms. The van der Waals surface area contributed by atoms with Gasteiger partial charge < -0.3 is 16.2 Å². The minimum atomic E-state index is -1.38. The molecular weight excluding hydrogens is 266 g/mol. The molecule has 9 heteroatoms. The van der Waals surface area contributed by atoms with Gasteiger partial charge in [-0.25, -0.2) is 9.31 Å². The van der Waals surface area contributed by atoms with Crippen LogP contribution in [0.2, 0.25) is 0 Å². The molecule has 0 unspecified atom stereocenters. The Morgan fingerprint density at radius 1 is 1.40 bits per heavy atom. The van der Waals surface area contributed by atoms with E-state index >= 15 is 0 Å². The molecule has 0 fully saturated rings. The Morgan fingerprint density at radius 3 is 2.80 bits per heavy atom. The summed E-state index contributed by atoms with van der Waals surface area (Å²) in [6.07, 6.45) is 5.26. The number of fused-ring (bicyclic) bond motifs is 1. The molecule has 0 spiro atoms. The summed E-state index contributed by atoms with van der Waals surface area (Å²) in [5, 5.41) is 15.1. The van der Waals surface area contributed by atoms with Crippen molar-refractivity contribution in [2.75, 3.05) is 0 Å². The van der Waals surface area contributed by atoms with Crippen LogP contribution in [0.25, 0.3) is 5.52 Å². The van der Waals surface area contributed by atoms with Gasteiger partial charge in [0.2, 0.25) is 5.91 Å². The van der Waals surface area contributed by atoms with Crippen molar-refractivity contribution < 1.29 is 19.5 Å². The summed E-state index contributed by atoms with van der Waals surface area (Å²) in [5.41, 5.74) is 5.52. The number of hydrogen-bond acceptors (Lipinski definition) is 5. The molecule has 0 bridgehead atoms. The van der Waals surface area contributed by atoms with Crippen LogP contribution in [0, 0.1) is 0 Å². The summed E-state index contributed by atoms with van der Waals surface area (Å²) in [4.78, 5) is 37.6. The van der Waals surface area contributed by atoms with Gasteiger partial charge in [-0.1, -0.05) is 0 Å². The lowest BCUT2D eigenvalue weighted by Gasteiger charge is -2.11. The number of nitrogens with two attached hydrogens (primary N) is 1. The number of carbonyl (C=O) groups is 3. The standard InChI is InChI=1S/C11H11N5O4/c12-9(17)3-7(11(19)20)15-10(18)6-4-14-16-2-1-13-5-8(6)16/h1-2,4-5,7H,3H2,(H2,12,17)(H,15,18)(H,19,20)/t7-/m1/s1. The molecule has 104 valence electrons. The predicted octanol–water partition coefficient (Wildman–Crippen LogP) is -1.21. The van der Waals surface area contributed by atoms with E-state index in [-0.39, 0.29) is 5.56 Å². The number of carboxylic acids is 1. The van der Waals surface area contributed by atoms with Gasteiger partial charge in [0.05, 0.1) is 29.9 Å². The van der Waals surface area contributed by atoms with Crippen molar-refractivity contribution in [1.29, 1.82) is 0 Å². The van der Waals surface area contributed by atoms with Crippen molar-refractivity contribution in [1.82, 2.24) is 19.9 Å². The first-order valence-electron chi connectivity index (χ1n) is 5.58. The number of nitrogens with one attached hydrogen (secondary N) is 1. The zero-order valence-electron chi connectivity index (χ0n) is 10.2. The largest absolute Gasteiger partial charge is 0.480 e. The maximum absolute atomic E-state index is 12.0. The number of hydrogen-bond donors (Lipinski definition) is 3. The van der Waals surface area contributed by atoms with Crippen LogP contribution in [0.15, 0.2) is 24.8 Å². The molecule has 2 rings (SSSR count). The molecule has 0 saturated heterocycles. The van der Waals surface area contributed by atoms with E-state index in [2.05, 4.69) is 15.4 Å². The summed E-state index contributed by atoms with van der Waals surface area (Å²) < 4.78 is 1.42. The van der Waals surface area contributed by atoms with Crippen LogP contribution < -0.4 is 11.1 Å². The van der Waals surface area contributed by atoms with Gasteiger partial charge in [-0.05, 0) is 0 Å². The van der Waals surface area contributed by atoms with E-state index in [1.165, 1.54) is 23.1 Å². The summed E-state index contributed by atoms with van der Waals surface area (Å²) in [6, 6.07) is -1.38. The molecule has 2 amide bonds. The molecule has 0 saturated carbocycles. The van der Waals surface area contributed by atoms with E-state index in [1.54, 1.807) is 6.20 Å². The summed E-state index contributed by atoms with van der Waals surface area (Å²) >= 11 is 0. The molecule has 1 atom stereocenters. The van der Waals surface area contributed by atoms with Crippen LogP contribution in [0.5, 0.6) is 0 Å². The van der Waals surface area contributed by atoms with Gasteiger partial charge in [0, 0.05) is 12.4 Å². The van der Waals surface area contributed by atoms with Gasteiger partial charge >= 0.3 is 5.97 Å². The van der Waals surface area contributed by atoms with Gasteiger partial charge in [-0.3, -0.25) is 14.6 Å². The number of amides is 2. The third-order valence-electron chi connectivity index (χ3n) is 2.58. The van der Waals surface area contributed by atoms with Crippen molar-refractivity contribution in [2.45, 2.75) is 12.5 Å². The topological polar surface area (TPSA) is 140 Å². The fourth-order valence-corrected chi connectivity index (χ4v) is 1.65. The van der Waals surface area contributed by atoms with Crippen molar-refractivity contribution in [2.24, 2.45) is 5.73 Å². The normalized spacial score (nSPS) is 12.0. The van der Waals surface area contributed by atoms with Crippen LogP contribution in [-0.4, -0.2) is 43.5 Å². The number of aromatic nitrogens is 3. The first-order chi connectivity index (χ1) is 9.49. The van der Waals surface area contributed by atoms with E-state index in [4.69, 9.17) is 10.8 Å². The third kappa shape index (κ3) is 2.71. The van der Waals surface area contributed by atoms with Crippen LogP contribution in [0.3, 0.4) is 0 Å². The van der Waals surface area contributed by atoms with Gasteiger partial charge in [-0.2, -0.15) is 5.10 Å². The Kier molecular flexibility index (Phi) is 3.60. The highest BCUT2D eigenvalue weighted by Crippen LogP contribution is 2.09. The SMILES string of the molecule is NC(=O)C[C@@H](NC(=O)c1cnn2ccncc12)C(=O)O. The second-order valence-electron chi connectivity index (χ2n) is 4.00. The Bertz CT molecular complexity index is 680. The lowest BCUT2D eigenvalue weighted by molar-refractivity contribution is -0.140. The lowest BCUT2D eigenvalue weighted by atomic mass is 10.2. The Morgan fingerprint density at radius 2 is 2.15 bits per heavy atom. The molecule has 0 radical (unpaired) electrons. The molecule has 2 aromatic heterocycles. The van der Waals surface area contributed by atoms with E-state index in [0.717, 1.165) is 0 Å². The second kappa shape index (κ2) is 5.34. The van der Waals surface area contributed by atoms with Crippen LogP contribution in [0.4, 0.5) is 0 Å². The van der Waals surface area contributed by atoms with Crippen molar-refractivity contribution >= 4 is 23.3 Å². The van der Waals surface area contributed by atoms with E-state index in [9.17, 15) is 14.4 Å². The molecule has 9 nitrogen and oxygen atoms in total. The predicted molar refractivity (Wildman–Crippen MR) is 65.7 cm³/mol. The van der Waals surface area contributed by atoms with Gasteiger partial charge in [-0.15, -0.1) is 0 Å². The zero-order chi connectivity index (χ0) is 14.7. The number of rotatable bonds is 5. The fraction of sp³-hybridized carbons (Fsp3) is 0.182. The molecule has 0 aliphatic carbocycles. The molecule has 0 aliphatic rings. The molecule has 2 heterocycles. The van der Waals surface area contributed by atoms with Crippen LogP contribution in [0.1, 0.15) is 16.8 Å². The molecule has 0 aromatic carbocycles. The number of aliphatic carboxylic acids is 1. The number of carbonyl (C=O) groups excluding carboxylic acids is 2. The minimum absolute atomic E-state index is 0.161. The lowest BCUT2D eigenvalue weighted by Crippen LogP contribution is -2.43. The maximum Gasteiger partial charge on any atom is 0.326 e. The zero-order valence-corrected chi connectivity index (χ0v) is 10.2. The Hall–Kier alpha value is -2.97. The van der Waals surface area contributed by atoms with Crippen molar-refractivity contribution in [3.63, 3.8) is 0 Å². The number of nitrogens with zero attached hydrogens (tertiary/aromatic N) is 3. The van der Waals surface area contributed by atoms with Crippen molar-refractivity contribution in [3.8, 4) is 0 Å². The summed E-state index contributed by atoms with van der Waals surface area (Å²) in [6.45, 7) is 0. The van der Waals surface area contributed by atoms with E-state index in [0.29, 0.717) is 5.52 Å². The molecular formula is C11H11N5O4. The smallest absolute Gasteiger partial charge is 0.326 e. The van der Waals surface area contributed by atoms with Crippen LogP contribution >= 0.6 is 0 Å². The highest BCUT2D eigenvalue weighted by Gasteiger charge is 2.24. The molecule has 0 aliphatic heterocycles. The van der Waals surface area contributed by atoms with Gasteiger partial charge in [0.25, 0.3) is 5.91 Å². The summed E-state index contributed by atoms with van der Waals surface area (Å²) in [5.74, 6) is -2.83. The average Bonchev–Trinajstić information content (AvgIpc) is 2.81. The minimum Gasteiger partial charge on any atom is -0.480 e. The first-order valence-corrected chi connectivity index (χ1v) is 5.58. The molecule has 4 N–H and O–H groups in total. The Labute approximate surface area is 112 Å².